The highest BCUT2D eigenvalue weighted by Gasteiger charge is 2.51. The number of ketones is 1. The summed E-state index contributed by atoms with van der Waals surface area (Å²) in [5.74, 6) is -3.38. The van der Waals surface area contributed by atoms with E-state index in [0.717, 1.165) is 0 Å². The van der Waals surface area contributed by atoms with Crippen LogP contribution in [0, 0.1) is 10.8 Å². The molecule has 0 aliphatic carbocycles. The van der Waals surface area contributed by atoms with Crippen molar-refractivity contribution >= 4 is 12.1 Å². The zero-order chi connectivity index (χ0) is 11.8. The number of rotatable bonds is 3. The summed E-state index contributed by atoms with van der Waals surface area (Å²) in [5.41, 5.74) is -2.40. The van der Waals surface area contributed by atoms with Gasteiger partial charge < -0.3 is 15.0 Å². The van der Waals surface area contributed by atoms with E-state index in [1.807, 2.05) is 0 Å². The Morgan fingerprint density at radius 3 is 1.64 bits per heavy atom. The smallest absolute Gasteiger partial charge is 0.236 e. The Morgan fingerprint density at radius 2 is 1.43 bits per heavy atom. The summed E-state index contributed by atoms with van der Waals surface area (Å²) in [6, 6.07) is 0. The maximum atomic E-state index is 11.6. The first kappa shape index (κ1) is 13.3. The Hall–Kier alpha value is -0.740. The van der Waals surface area contributed by atoms with Crippen molar-refractivity contribution in [2.24, 2.45) is 10.8 Å². The number of carbonyl (C=O) groups excluding carboxylic acids is 2. The third-order valence-corrected chi connectivity index (χ3v) is 2.19. The van der Waals surface area contributed by atoms with E-state index in [1.54, 1.807) is 20.8 Å². The molecule has 0 unspecified atom stereocenters. The van der Waals surface area contributed by atoms with Crippen LogP contribution in [0.3, 0.4) is 0 Å². The predicted molar refractivity (Wildman–Crippen MR) is 51.5 cm³/mol. The van der Waals surface area contributed by atoms with Gasteiger partial charge in [0.2, 0.25) is 5.79 Å². The number of aliphatic hydroxyl groups is 2. The maximum Gasteiger partial charge on any atom is 0.236 e. The largest absolute Gasteiger partial charge is 0.359 e. The Kier molecular flexibility index (Phi) is 3.26. The van der Waals surface area contributed by atoms with Crippen LogP contribution in [-0.4, -0.2) is 28.1 Å². The number of hydrogen-bond donors (Lipinski definition) is 2. The SMILES string of the molecule is CC(C)(C)C(=O)C(O)(O)C(C)(C)C=O. The lowest BCUT2D eigenvalue weighted by Crippen LogP contribution is -2.56. The van der Waals surface area contributed by atoms with E-state index >= 15 is 0 Å². The summed E-state index contributed by atoms with van der Waals surface area (Å²) in [6.45, 7) is 7.32. The Bertz CT molecular complexity index is 245. The standard InChI is InChI=1S/C10H18O4/c1-8(2,3)7(12)10(13,14)9(4,5)6-11/h6,13-14H,1-5H3. The lowest BCUT2D eigenvalue weighted by Gasteiger charge is -2.36. The van der Waals surface area contributed by atoms with E-state index in [0.29, 0.717) is 6.29 Å². The highest BCUT2D eigenvalue weighted by molar-refractivity contribution is 5.93. The molecular formula is C10H18O4. The monoisotopic (exact) mass is 202 g/mol. The van der Waals surface area contributed by atoms with Gasteiger partial charge in [-0.05, 0) is 13.8 Å². The van der Waals surface area contributed by atoms with Crippen LogP contribution in [0.15, 0.2) is 0 Å². The van der Waals surface area contributed by atoms with Crippen molar-refractivity contribution in [1.82, 2.24) is 0 Å². The Morgan fingerprint density at radius 1 is 1.07 bits per heavy atom. The van der Waals surface area contributed by atoms with Crippen molar-refractivity contribution < 1.29 is 19.8 Å². The second kappa shape index (κ2) is 3.44. The second-order valence-corrected chi connectivity index (χ2v) is 5.09. The Labute approximate surface area is 83.9 Å². The normalized spacial score (nSPS) is 13.9. The number of Topliss-reactive ketones (excluding diaryl/α,β-unsaturated/α-hetero) is 1. The molecule has 0 aliphatic rings. The topological polar surface area (TPSA) is 74.6 Å². The first-order chi connectivity index (χ1) is 5.97. The highest BCUT2D eigenvalue weighted by Crippen LogP contribution is 2.33. The van der Waals surface area contributed by atoms with Gasteiger partial charge in [-0.1, -0.05) is 20.8 Å². The van der Waals surface area contributed by atoms with Gasteiger partial charge in [-0.15, -0.1) is 0 Å². The van der Waals surface area contributed by atoms with Gasteiger partial charge in [0.15, 0.2) is 5.78 Å². The summed E-state index contributed by atoms with van der Waals surface area (Å²) in [4.78, 5) is 22.3. The van der Waals surface area contributed by atoms with Crippen LogP contribution < -0.4 is 0 Å². The van der Waals surface area contributed by atoms with Gasteiger partial charge >= 0.3 is 0 Å². The predicted octanol–water partition coefficient (Wildman–Crippen LogP) is 0.508. The van der Waals surface area contributed by atoms with Crippen LogP contribution in [0.25, 0.3) is 0 Å². The molecule has 0 saturated carbocycles. The molecule has 0 rings (SSSR count). The van der Waals surface area contributed by atoms with E-state index in [2.05, 4.69) is 0 Å². The first-order valence-electron chi connectivity index (χ1n) is 4.43. The molecule has 4 nitrogen and oxygen atoms in total. The molecule has 82 valence electrons. The van der Waals surface area contributed by atoms with Crippen LogP contribution >= 0.6 is 0 Å². The van der Waals surface area contributed by atoms with Crippen molar-refractivity contribution in [2.75, 3.05) is 0 Å². The molecule has 0 aromatic rings. The van der Waals surface area contributed by atoms with E-state index in [9.17, 15) is 19.8 Å². The molecule has 14 heavy (non-hydrogen) atoms. The average Bonchev–Trinajstić information content (AvgIpc) is 2.01. The van der Waals surface area contributed by atoms with Gasteiger partial charge in [-0.25, -0.2) is 0 Å². The van der Waals surface area contributed by atoms with Crippen molar-refractivity contribution in [2.45, 2.75) is 40.4 Å². The molecule has 2 N–H and O–H groups in total. The molecule has 0 saturated heterocycles. The summed E-state index contributed by atoms with van der Waals surface area (Å²) in [7, 11) is 0. The van der Waals surface area contributed by atoms with Gasteiger partial charge in [0.25, 0.3) is 0 Å². The molecule has 0 heterocycles. The molecule has 0 fully saturated rings. The molecule has 0 amide bonds. The third kappa shape index (κ3) is 2.19. The average molecular weight is 202 g/mol. The van der Waals surface area contributed by atoms with Crippen molar-refractivity contribution in [3.63, 3.8) is 0 Å². The summed E-state index contributed by atoms with van der Waals surface area (Å²) < 4.78 is 0. The molecule has 0 spiro atoms. The summed E-state index contributed by atoms with van der Waals surface area (Å²) >= 11 is 0. The fourth-order valence-corrected chi connectivity index (χ4v) is 0.898. The van der Waals surface area contributed by atoms with Crippen molar-refractivity contribution in [1.29, 1.82) is 0 Å². The van der Waals surface area contributed by atoms with Gasteiger partial charge in [-0.2, -0.15) is 0 Å². The first-order valence-corrected chi connectivity index (χ1v) is 4.43. The van der Waals surface area contributed by atoms with Crippen LogP contribution in [0.2, 0.25) is 0 Å². The molecule has 0 bridgehead atoms. The molecule has 0 aromatic carbocycles. The molecule has 0 radical (unpaired) electrons. The summed E-state index contributed by atoms with van der Waals surface area (Å²) in [6.07, 6.45) is 0.372. The van der Waals surface area contributed by atoms with Crippen LogP contribution in [-0.2, 0) is 9.59 Å². The Balaban J connectivity index is 5.17. The fourth-order valence-electron chi connectivity index (χ4n) is 0.898. The van der Waals surface area contributed by atoms with Crippen LogP contribution in [0.4, 0.5) is 0 Å². The number of carbonyl (C=O) groups is 2. The highest BCUT2D eigenvalue weighted by atomic mass is 16.5. The second-order valence-electron chi connectivity index (χ2n) is 5.09. The fraction of sp³-hybridized carbons (Fsp3) is 0.800. The zero-order valence-corrected chi connectivity index (χ0v) is 9.29. The lowest BCUT2D eigenvalue weighted by molar-refractivity contribution is -0.225. The van der Waals surface area contributed by atoms with E-state index in [-0.39, 0.29) is 0 Å². The van der Waals surface area contributed by atoms with Gasteiger partial charge in [0.1, 0.15) is 6.29 Å². The van der Waals surface area contributed by atoms with Crippen molar-refractivity contribution in [3.05, 3.63) is 0 Å². The van der Waals surface area contributed by atoms with Crippen molar-refractivity contribution in [3.8, 4) is 0 Å². The van der Waals surface area contributed by atoms with Crippen LogP contribution in [0.5, 0.6) is 0 Å². The number of aldehydes is 1. The molecule has 0 aromatic heterocycles. The molecule has 0 atom stereocenters. The molecule has 0 aliphatic heterocycles. The number of hydrogen-bond acceptors (Lipinski definition) is 4. The quantitative estimate of drug-likeness (QED) is 0.516. The van der Waals surface area contributed by atoms with Gasteiger partial charge in [0.05, 0.1) is 5.41 Å². The van der Waals surface area contributed by atoms with Gasteiger partial charge in [0, 0.05) is 5.41 Å². The van der Waals surface area contributed by atoms with Crippen LogP contribution in [0.1, 0.15) is 34.6 Å². The van der Waals surface area contributed by atoms with Gasteiger partial charge in [-0.3, -0.25) is 4.79 Å². The molecule has 4 heteroatoms. The third-order valence-electron chi connectivity index (χ3n) is 2.19. The van der Waals surface area contributed by atoms with E-state index in [1.165, 1.54) is 13.8 Å². The van der Waals surface area contributed by atoms with E-state index < -0.39 is 22.4 Å². The lowest BCUT2D eigenvalue weighted by atomic mass is 9.74. The molecular weight excluding hydrogens is 184 g/mol. The minimum Gasteiger partial charge on any atom is -0.359 e. The maximum absolute atomic E-state index is 11.6. The zero-order valence-electron chi connectivity index (χ0n) is 9.29. The summed E-state index contributed by atoms with van der Waals surface area (Å²) in [5, 5.41) is 19.2. The van der Waals surface area contributed by atoms with E-state index in [4.69, 9.17) is 0 Å². The minimum atomic E-state index is -2.62. The minimum absolute atomic E-state index is 0.372.